The van der Waals surface area contributed by atoms with Crippen LogP contribution >= 0.6 is 0 Å². The maximum Gasteiger partial charge on any atom is 0.337 e. The maximum atomic E-state index is 11.8. The number of benzene rings is 1. The lowest BCUT2D eigenvalue weighted by atomic mass is 10.1. The van der Waals surface area contributed by atoms with Crippen LogP contribution in [0.1, 0.15) is 27.1 Å². The molecule has 0 aliphatic rings. The predicted octanol–water partition coefficient (Wildman–Crippen LogP) is 0.339. The van der Waals surface area contributed by atoms with Crippen LogP contribution in [0.4, 0.5) is 0 Å². The summed E-state index contributed by atoms with van der Waals surface area (Å²) in [5.41, 5.74) is 0.726. The molecule has 2 N–H and O–H groups in total. The fourth-order valence-electron chi connectivity index (χ4n) is 1.46. The summed E-state index contributed by atoms with van der Waals surface area (Å²) in [6, 6.07) is 6.29. The fraction of sp³-hybridized carbons (Fsp3) is 0.308. The van der Waals surface area contributed by atoms with Crippen molar-refractivity contribution in [3.63, 3.8) is 0 Å². The second-order valence-electron chi connectivity index (χ2n) is 3.75. The van der Waals surface area contributed by atoms with Gasteiger partial charge in [-0.15, -0.1) is 0 Å². The summed E-state index contributed by atoms with van der Waals surface area (Å²) in [5.74, 6) is -0.748. The van der Waals surface area contributed by atoms with Crippen LogP contribution < -0.4 is 10.6 Å². The fourth-order valence-corrected chi connectivity index (χ4v) is 1.46. The lowest BCUT2D eigenvalue weighted by molar-refractivity contribution is -0.109. The Kier molecular flexibility index (Phi) is 6.08. The SMILES string of the molecule is COC(=O)c1cccc(C(=O)NCCCNC=O)c1. The number of ether oxygens (including phenoxy) is 1. The largest absolute Gasteiger partial charge is 0.465 e. The number of esters is 1. The molecule has 0 spiro atoms. The van der Waals surface area contributed by atoms with Crippen LogP contribution in [0.3, 0.4) is 0 Å². The van der Waals surface area contributed by atoms with Crippen molar-refractivity contribution in [2.24, 2.45) is 0 Å². The minimum Gasteiger partial charge on any atom is -0.465 e. The van der Waals surface area contributed by atoms with Gasteiger partial charge in [-0.1, -0.05) is 6.07 Å². The van der Waals surface area contributed by atoms with Crippen LogP contribution in [0.5, 0.6) is 0 Å². The van der Waals surface area contributed by atoms with Crippen LogP contribution in [0.15, 0.2) is 24.3 Å². The summed E-state index contributed by atoms with van der Waals surface area (Å²) in [5, 5.41) is 5.20. The van der Waals surface area contributed by atoms with Crippen molar-refractivity contribution in [3.8, 4) is 0 Å². The predicted molar refractivity (Wildman–Crippen MR) is 68.8 cm³/mol. The summed E-state index contributed by atoms with van der Waals surface area (Å²) in [6.45, 7) is 0.952. The highest BCUT2D eigenvalue weighted by molar-refractivity contribution is 5.97. The average Bonchev–Trinajstić information content (AvgIpc) is 2.46. The first-order valence-electron chi connectivity index (χ1n) is 5.82. The summed E-state index contributed by atoms with van der Waals surface area (Å²) < 4.78 is 4.58. The van der Waals surface area contributed by atoms with Gasteiger partial charge in [0.15, 0.2) is 0 Å². The van der Waals surface area contributed by atoms with E-state index < -0.39 is 5.97 Å². The minimum atomic E-state index is -0.482. The third-order valence-electron chi connectivity index (χ3n) is 2.41. The molecular weight excluding hydrogens is 248 g/mol. The zero-order valence-corrected chi connectivity index (χ0v) is 10.6. The molecule has 0 aromatic heterocycles. The quantitative estimate of drug-likeness (QED) is 0.422. The van der Waals surface area contributed by atoms with Gasteiger partial charge in [-0.2, -0.15) is 0 Å². The van der Waals surface area contributed by atoms with Gasteiger partial charge >= 0.3 is 5.97 Å². The lowest BCUT2D eigenvalue weighted by Crippen LogP contribution is -2.27. The van der Waals surface area contributed by atoms with E-state index in [0.29, 0.717) is 37.0 Å². The number of hydrogen-bond acceptors (Lipinski definition) is 4. The van der Waals surface area contributed by atoms with Crippen LogP contribution in [0, 0.1) is 0 Å². The molecule has 102 valence electrons. The number of methoxy groups -OCH3 is 1. The van der Waals surface area contributed by atoms with E-state index in [1.165, 1.54) is 13.2 Å². The van der Waals surface area contributed by atoms with Crippen LogP contribution in [0.2, 0.25) is 0 Å². The molecule has 2 amide bonds. The van der Waals surface area contributed by atoms with Gasteiger partial charge in [0.2, 0.25) is 6.41 Å². The third-order valence-corrected chi connectivity index (χ3v) is 2.41. The molecule has 19 heavy (non-hydrogen) atoms. The van der Waals surface area contributed by atoms with E-state index >= 15 is 0 Å². The van der Waals surface area contributed by atoms with Crippen molar-refractivity contribution >= 4 is 18.3 Å². The monoisotopic (exact) mass is 264 g/mol. The lowest BCUT2D eigenvalue weighted by Gasteiger charge is -2.06. The topological polar surface area (TPSA) is 84.5 Å². The first-order valence-corrected chi connectivity index (χ1v) is 5.82. The Morgan fingerprint density at radius 1 is 1.26 bits per heavy atom. The third kappa shape index (κ3) is 4.79. The van der Waals surface area contributed by atoms with E-state index in [-0.39, 0.29) is 5.91 Å². The molecule has 0 radical (unpaired) electrons. The van der Waals surface area contributed by atoms with Crippen molar-refractivity contribution < 1.29 is 19.1 Å². The maximum absolute atomic E-state index is 11.8. The zero-order valence-electron chi connectivity index (χ0n) is 10.6. The van der Waals surface area contributed by atoms with E-state index in [0.717, 1.165) is 0 Å². The standard InChI is InChI=1S/C13H16N2O4/c1-19-13(18)11-5-2-4-10(8-11)12(17)15-7-3-6-14-9-16/h2,4-5,8-9H,3,6-7H2,1H3,(H,14,16)(H,15,17). The van der Waals surface area contributed by atoms with Crippen molar-refractivity contribution in [3.05, 3.63) is 35.4 Å². The highest BCUT2D eigenvalue weighted by Gasteiger charge is 2.09. The van der Waals surface area contributed by atoms with E-state index in [4.69, 9.17) is 0 Å². The molecule has 1 aromatic carbocycles. The van der Waals surface area contributed by atoms with Crippen molar-refractivity contribution in [1.29, 1.82) is 0 Å². The number of carbonyl (C=O) groups excluding carboxylic acids is 3. The molecule has 0 bridgehead atoms. The van der Waals surface area contributed by atoms with Crippen LogP contribution in [-0.2, 0) is 9.53 Å². The molecule has 0 unspecified atom stereocenters. The molecule has 1 rings (SSSR count). The Hall–Kier alpha value is -2.37. The van der Waals surface area contributed by atoms with E-state index in [1.807, 2.05) is 0 Å². The van der Waals surface area contributed by atoms with Gasteiger partial charge in [0.05, 0.1) is 12.7 Å². The normalized spacial score (nSPS) is 9.53. The summed E-state index contributed by atoms with van der Waals surface area (Å²) >= 11 is 0. The van der Waals surface area contributed by atoms with Gasteiger partial charge in [0.25, 0.3) is 5.91 Å². The average molecular weight is 264 g/mol. The van der Waals surface area contributed by atoms with Crippen molar-refractivity contribution in [2.75, 3.05) is 20.2 Å². The molecule has 1 aromatic rings. The number of nitrogens with one attached hydrogen (secondary N) is 2. The molecular formula is C13H16N2O4. The molecule has 0 atom stereocenters. The van der Waals surface area contributed by atoms with Gasteiger partial charge < -0.3 is 15.4 Å². The summed E-state index contributed by atoms with van der Waals surface area (Å²) in [4.78, 5) is 33.1. The first-order chi connectivity index (χ1) is 9.19. The van der Waals surface area contributed by atoms with Gasteiger partial charge in [0, 0.05) is 18.7 Å². The van der Waals surface area contributed by atoms with Crippen molar-refractivity contribution in [2.45, 2.75) is 6.42 Å². The molecule has 6 heteroatoms. The first kappa shape index (κ1) is 14.7. The Balaban J connectivity index is 2.52. The summed E-state index contributed by atoms with van der Waals surface area (Å²) in [6.07, 6.45) is 1.25. The number of amides is 2. The number of hydrogen-bond donors (Lipinski definition) is 2. The number of carbonyl (C=O) groups is 3. The molecule has 0 aliphatic heterocycles. The Labute approximate surface area is 111 Å². The van der Waals surface area contributed by atoms with Crippen molar-refractivity contribution in [1.82, 2.24) is 10.6 Å². The minimum absolute atomic E-state index is 0.267. The highest BCUT2D eigenvalue weighted by atomic mass is 16.5. The van der Waals surface area contributed by atoms with E-state index in [9.17, 15) is 14.4 Å². The Morgan fingerprint density at radius 3 is 2.68 bits per heavy atom. The van der Waals surface area contributed by atoms with E-state index in [2.05, 4.69) is 15.4 Å². The van der Waals surface area contributed by atoms with Gasteiger partial charge in [0.1, 0.15) is 0 Å². The second-order valence-corrected chi connectivity index (χ2v) is 3.75. The molecule has 0 aliphatic carbocycles. The zero-order chi connectivity index (χ0) is 14.1. The molecule has 0 heterocycles. The molecule has 0 saturated carbocycles. The summed E-state index contributed by atoms with van der Waals surface area (Å²) in [7, 11) is 1.29. The van der Waals surface area contributed by atoms with E-state index in [1.54, 1.807) is 18.2 Å². The van der Waals surface area contributed by atoms with Gasteiger partial charge in [-0.25, -0.2) is 4.79 Å². The Morgan fingerprint density at radius 2 is 2.00 bits per heavy atom. The molecule has 0 saturated heterocycles. The van der Waals surface area contributed by atoms with Gasteiger partial charge in [-0.05, 0) is 24.6 Å². The van der Waals surface area contributed by atoms with Gasteiger partial charge in [-0.3, -0.25) is 9.59 Å². The number of rotatable bonds is 7. The smallest absolute Gasteiger partial charge is 0.337 e. The Bertz CT molecular complexity index is 460. The van der Waals surface area contributed by atoms with Crippen LogP contribution in [0.25, 0.3) is 0 Å². The molecule has 0 fully saturated rings. The second kappa shape index (κ2) is 7.86. The highest BCUT2D eigenvalue weighted by Crippen LogP contribution is 2.06. The molecule has 6 nitrogen and oxygen atoms in total. The van der Waals surface area contributed by atoms with Crippen LogP contribution in [-0.4, -0.2) is 38.5 Å².